The molecule has 0 radical (unpaired) electrons. The van der Waals surface area contributed by atoms with E-state index in [0.29, 0.717) is 24.4 Å². The van der Waals surface area contributed by atoms with Crippen molar-refractivity contribution in [2.24, 2.45) is 11.7 Å². The minimum Gasteiger partial charge on any atom is -0.480 e. The first-order valence-electron chi connectivity index (χ1n) is 10.0. The molecule has 0 spiro atoms. The van der Waals surface area contributed by atoms with Gasteiger partial charge in [0.2, 0.25) is 5.91 Å². The van der Waals surface area contributed by atoms with Gasteiger partial charge < -0.3 is 20.7 Å². The number of hydrogen-bond donors (Lipinski definition) is 2. The fraction of sp³-hybridized carbons (Fsp3) is 0.409. The number of benzene rings is 1. The summed E-state index contributed by atoms with van der Waals surface area (Å²) in [6.45, 7) is 5.28. The van der Waals surface area contributed by atoms with Gasteiger partial charge in [-0.3, -0.25) is 9.59 Å². The zero-order valence-corrected chi connectivity index (χ0v) is 16.9. The Morgan fingerprint density at radius 1 is 1.31 bits per heavy atom. The Morgan fingerprint density at radius 3 is 2.76 bits per heavy atom. The molecule has 1 saturated heterocycles. The van der Waals surface area contributed by atoms with Crippen LogP contribution < -0.4 is 20.7 Å². The molecule has 3 rings (SSSR count). The molecule has 2 aromatic rings. The zero-order valence-electron chi connectivity index (χ0n) is 16.9. The Labute approximate surface area is 171 Å². The third-order valence-electron chi connectivity index (χ3n) is 5.19. The fourth-order valence-corrected chi connectivity index (χ4v) is 3.45. The molecule has 1 aliphatic rings. The van der Waals surface area contributed by atoms with Crippen LogP contribution in [0.5, 0.6) is 5.75 Å². The zero-order chi connectivity index (χ0) is 20.8. The highest BCUT2D eigenvalue weighted by Crippen LogP contribution is 2.23. The molecule has 1 aliphatic heterocycles. The normalized spacial score (nSPS) is 17.4. The fourth-order valence-electron chi connectivity index (χ4n) is 3.45. The number of amides is 2. The lowest BCUT2D eigenvalue weighted by molar-refractivity contribution is -0.123. The summed E-state index contributed by atoms with van der Waals surface area (Å²) in [5, 5.41) is 2.87. The summed E-state index contributed by atoms with van der Waals surface area (Å²) in [6, 6.07) is 11.3. The van der Waals surface area contributed by atoms with Crippen molar-refractivity contribution in [2.45, 2.75) is 39.2 Å². The Balaban J connectivity index is 1.61. The number of nitrogens with one attached hydrogen (secondary N) is 1. The molecule has 7 heteroatoms. The van der Waals surface area contributed by atoms with Gasteiger partial charge in [0.15, 0.2) is 6.10 Å². The average molecular weight is 396 g/mol. The first-order chi connectivity index (χ1) is 14.0. The smallest absolute Gasteiger partial charge is 0.265 e. The van der Waals surface area contributed by atoms with Gasteiger partial charge in [-0.25, -0.2) is 4.98 Å². The molecular weight excluding hydrogens is 368 g/mol. The molecule has 2 amide bonds. The molecule has 0 saturated carbocycles. The van der Waals surface area contributed by atoms with Crippen molar-refractivity contribution in [3.8, 4) is 5.75 Å². The number of anilines is 2. The van der Waals surface area contributed by atoms with E-state index in [0.717, 1.165) is 30.8 Å². The van der Waals surface area contributed by atoms with E-state index in [1.807, 2.05) is 50.2 Å². The van der Waals surface area contributed by atoms with Crippen LogP contribution >= 0.6 is 0 Å². The molecule has 2 heterocycles. The highest BCUT2D eigenvalue weighted by atomic mass is 16.5. The Bertz CT molecular complexity index is 853. The van der Waals surface area contributed by atoms with Crippen LogP contribution in [0.15, 0.2) is 42.6 Å². The van der Waals surface area contributed by atoms with Crippen LogP contribution in [0, 0.1) is 12.8 Å². The van der Waals surface area contributed by atoms with E-state index >= 15 is 0 Å². The number of primary amides is 1. The highest BCUT2D eigenvalue weighted by molar-refractivity contribution is 5.94. The molecule has 1 aromatic heterocycles. The summed E-state index contributed by atoms with van der Waals surface area (Å²) in [7, 11) is 0. The molecule has 2 atom stereocenters. The minimum absolute atomic E-state index is 0.145. The predicted octanol–water partition coefficient (Wildman–Crippen LogP) is 2.89. The maximum Gasteiger partial charge on any atom is 0.265 e. The number of ether oxygens (including phenoxy) is 1. The van der Waals surface area contributed by atoms with Crippen LogP contribution in [0.25, 0.3) is 0 Å². The number of rotatable bonds is 7. The third-order valence-corrected chi connectivity index (χ3v) is 5.19. The van der Waals surface area contributed by atoms with Gasteiger partial charge in [0.25, 0.3) is 5.91 Å². The third kappa shape index (κ3) is 5.25. The van der Waals surface area contributed by atoms with E-state index in [1.165, 1.54) is 0 Å². The van der Waals surface area contributed by atoms with E-state index in [4.69, 9.17) is 10.5 Å². The number of para-hydroxylation sites is 1. The number of pyridine rings is 1. The summed E-state index contributed by atoms with van der Waals surface area (Å²) in [5.41, 5.74) is 7.04. The largest absolute Gasteiger partial charge is 0.480 e. The standard InChI is InChI=1S/C22H28N4O3/c1-3-18(29-19-9-5-4-7-15(19)2)22(28)25-17-10-11-20(24-13-17)26-12-6-8-16(14-26)21(23)27/h4-5,7,9-11,13,16,18H,3,6,8,12,14H2,1-2H3,(H2,23,27)(H,25,28)/t16-,18+/m1/s1. The van der Waals surface area contributed by atoms with Crippen LogP contribution in [-0.2, 0) is 9.59 Å². The lowest BCUT2D eigenvalue weighted by atomic mass is 9.97. The number of nitrogens with two attached hydrogens (primary N) is 1. The van der Waals surface area contributed by atoms with Crippen molar-refractivity contribution in [1.82, 2.24) is 4.98 Å². The molecular formula is C22H28N4O3. The van der Waals surface area contributed by atoms with Gasteiger partial charge in [-0.05, 0) is 49.9 Å². The average Bonchev–Trinajstić information content (AvgIpc) is 2.73. The van der Waals surface area contributed by atoms with Crippen molar-refractivity contribution in [3.05, 3.63) is 48.2 Å². The molecule has 7 nitrogen and oxygen atoms in total. The summed E-state index contributed by atoms with van der Waals surface area (Å²) >= 11 is 0. The van der Waals surface area contributed by atoms with Crippen molar-refractivity contribution < 1.29 is 14.3 Å². The summed E-state index contributed by atoms with van der Waals surface area (Å²) < 4.78 is 5.90. The number of nitrogens with zero attached hydrogens (tertiary/aromatic N) is 2. The minimum atomic E-state index is -0.589. The van der Waals surface area contributed by atoms with Gasteiger partial charge in [0.1, 0.15) is 11.6 Å². The van der Waals surface area contributed by atoms with Crippen LogP contribution in [0.2, 0.25) is 0 Å². The quantitative estimate of drug-likeness (QED) is 0.750. The second-order valence-corrected chi connectivity index (χ2v) is 7.36. The lowest BCUT2D eigenvalue weighted by Crippen LogP contribution is -2.41. The van der Waals surface area contributed by atoms with E-state index in [9.17, 15) is 9.59 Å². The van der Waals surface area contributed by atoms with E-state index < -0.39 is 6.10 Å². The van der Waals surface area contributed by atoms with Crippen LogP contribution in [0.3, 0.4) is 0 Å². The topological polar surface area (TPSA) is 97.5 Å². The lowest BCUT2D eigenvalue weighted by Gasteiger charge is -2.32. The molecule has 1 fully saturated rings. The second-order valence-electron chi connectivity index (χ2n) is 7.36. The summed E-state index contributed by atoms with van der Waals surface area (Å²) in [5.74, 6) is 0.859. The second kappa shape index (κ2) is 9.41. The van der Waals surface area contributed by atoms with Crippen molar-refractivity contribution >= 4 is 23.3 Å². The monoisotopic (exact) mass is 396 g/mol. The van der Waals surface area contributed by atoms with Crippen LogP contribution in [0.4, 0.5) is 11.5 Å². The van der Waals surface area contributed by atoms with Crippen LogP contribution in [0.1, 0.15) is 31.7 Å². The maximum atomic E-state index is 12.6. The van der Waals surface area contributed by atoms with Crippen molar-refractivity contribution in [3.63, 3.8) is 0 Å². The van der Waals surface area contributed by atoms with Gasteiger partial charge in [0.05, 0.1) is 17.8 Å². The molecule has 29 heavy (non-hydrogen) atoms. The number of hydrogen-bond acceptors (Lipinski definition) is 5. The molecule has 0 unspecified atom stereocenters. The number of carbonyl (C=O) groups is 2. The molecule has 0 bridgehead atoms. The van der Waals surface area contributed by atoms with E-state index in [-0.39, 0.29) is 17.7 Å². The SMILES string of the molecule is CC[C@H](Oc1ccccc1C)C(=O)Nc1ccc(N2CCC[C@@H](C(N)=O)C2)nc1. The van der Waals surface area contributed by atoms with Gasteiger partial charge in [-0.15, -0.1) is 0 Å². The molecule has 154 valence electrons. The van der Waals surface area contributed by atoms with Gasteiger partial charge in [-0.1, -0.05) is 25.1 Å². The Hall–Kier alpha value is -3.09. The summed E-state index contributed by atoms with van der Waals surface area (Å²) in [4.78, 5) is 30.6. The van der Waals surface area contributed by atoms with E-state index in [1.54, 1.807) is 6.20 Å². The van der Waals surface area contributed by atoms with E-state index in [2.05, 4.69) is 15.2 Å². The molecule has 0 aliphatic carbocycles. The number of aryl methyl sites for hydroxylation is 1. The first kappa shape index (κ1) is 20.6. The van der Waals surface area contributed by atoms with Crippen molar-refractivity contribution in [2.75, 3.05) is 23.3 Å². The number of piperidine rings is 1. The highest BCUT2D eigenvalue weighted by Gasteiger charge is 2.25. The van der Waals surface area contributed by atoms with Gasteiger partial charge >= 0.3 is 0 Å². The molecule has 1 aromatic carbocycles. The maximum absolute atomic E-state index is 12.6. The predicted molar refractivity (Wildman–Crippen MR) is 113 cm³/mol. The van der Waals surface area contributed by atoms with Crippen LogP contribution in [-0.4, -0.2) is 36.0 Å². The Morgan fingerprint density at radius 2 is 2.10 bits per heavy atom. The molecule has 3 N–H and O–H groups in total. The summed E-state index contributed by atoms with van der Waals surface area (Å²) in [6.07, 6.45) is 3.31. The number of aromatic nitrogens is 1. The van der Waals surface area contributed by atoms with Crippen molar-refractivity contribution in [1.29, 1.82) is 0 Å². The van der Waals surface area contributed by atoms with Gasteiger partial charge in [-0.2, -0.15) is 0 Å². The number of carbonyl (C=O) groups excluding carboxylic acids is 2. The Kier molecular flexibility index (Phi) is 6.69. The van der Waals surface area contributed by atoms with Gasteiger partial charge in [0, 0.05) is 13.1 Å². The first-order valence-corrected chi connectivity index (χ1v) is 10.0.